The topological polar surface area (TPSA) is 0 Å². The molecule has 0 aromatic heterocycles. The average molecular weight is 398 g/mol. The molecule has 150 valence electrons. The van der Waals surface area contributed by atoms with Crippen LogP contribution in [-0.4, -0.2) is 0 Å². The number of fused-ring (bicyclic) bond motifs is 1. The summed E-state index contributed by atoms with van der Waals surface area (Å²) in [4.78, 5) is 0. The van der Waals surface area contributed by atoms with Crippen LogP contribution in [0.25, 0.3) is 21.9 Å². The molecule has 0 N–H and O–H groups in total. The van der Waals surface area contributed by atoms with Crippen LogP contribution in [0.1, 0.15) is 42.7 Å². The minimum atomic E-state index is -4.40. The number of alkyl halides is 3. The molecule has 0 aliphatic heterocycles. The summed E-state index contributed by atoms with van der Waals surface area (Å²) in [7, 11) is 0. The van der Waals surface area contributed by atoms with E-state index in [-0.39, 0.29) is 0 Å². The molecule has 0 unspecified atom stereocenters. The van der Waals surface area contributed by atoms with Crippen molar-refractivity contribution < 1.29 is 17.6 Å². The molecule has 1 aliphatic carbocycles. The Morgan fingerprint density at radius 3 is 2.17 bits per heavy atom. The summed E-state index contributed by atoms with van der Waals surface area (Å²) in [6.07, 6.45) is 2.11. The smallest absolute Gasteiger partial charge is 0.206 e. The molecule has 0 bridgehead atoms. The predicted molar refractivity (Wildman–Crippen MR) is 109 cm³/mol. The number of hydrogen-bond acceptors (Lipinski definition) is 0. The van der Waals surface area contributed by atoms with Gasteiger partial charge >= 0.3 is 6.18 Å². The van der Waals surface area contributed by atoms with Gasteiger partial charge in [0.15, 0.2) is 0 Å². The highest BCUT2D eigenvalue weighted by Crippen LogP contribution is 2.38. The molecule has 0 heterocycles. The fraction of sp³-hybridized carbons (Fsp3) is 0.280. The van der Waals surface area contributed by atoms with Gasteiger partial charge in [0, 0.05) is 10.9 Å². The van der Waals surface area contributed by atoms with Crippen molar-refractivity contribution in [2.45, 2.75) is 37.8 Å². The van der Waals surface area contributed by atoms with E-state index in [1.807, 2.05) is 24.3 Å². The van der Waals surface area contributed by atoms with Crippen molar-refractivity contribution in [3.63, 3.8) is 0 Å². The third kappa shape index (κ3) is 3.93. The molecule has 0 nitrogen and oxygen atoms in total. The van der Waals surface area contributed by atoms with Gasteiger partial charge in [-0.05, 0) is 66.2 Å². The number of halogens is 4. The van der Waals surface area contributed by atoms with Crippen molar-refractivity contribution in [3.05, 3.63) is 84.2 Å². The summed E-state index contributed by atoms with van der Waals surface area (Å²) in [6.45, 7) is 3.89. The normalized spacial score (nSPS) is 20.0. The zero-order valence-electron chi connectivity index (χ0n) is 16.0. The molecular formula is C25H22F4. The van der Waals surface area contributed by atoms with Crippen molar-refractivity contribution in [2.75, 3.05) is 0 Å². The van der Waals surface area contributed by atoms with Gasteiger partial charge in [-0.25, -0.2) is 4.39 Å². The van der Waals surface area contributed by atoms with E-state index in [0.29, 0.717) is 28.3 Å². The van der Waals surface area contributed by atoms with E-state index in [2.05, 4.69) is 6.58 Å². The lowest BCUT2D eigenvalue weighted by molar-refractivity contribution is -0.137. The molecule has 1 aliphatic rings. The third-order valence-electron chi connectivity index (χ3n) is 6.08. The summed E-state index contributed by atoms with van der Waals surface area (Å²) < 4.78 is 53.4. The number of rotatable bonds is 3. The average Bonchev–Trinajstić information content (AvgIpc) is 2.73. The summed E-state index contributed by atoms with van der Waals surface area (Å²) in [6, 6.07) is 14.0. The Kier molecular flexibility index (Phi) is 5.20. The summed E-state index contributed by atoms with van der Waals surface area (Å²) in [5.41, 5.74) is 1.23. The molecule has 0 amide bonds. The van der Waals surface area contributed by atoms with E-state index in [9.17, 15) is 13.2 Å². The van der Waals surface area contributed by atoms with Gasteiger partial charge in [-0.1, -0.05) is 48.5 Å². The van der Waals surface area contributed by atoms with Crippen molar-refractivity contribution in [1.82, 2.24) is 0 Å². The molecule has 3 aromatic carbocycles. The van der Waals surface area contributed by atoms with Crippen LogP contribution >= 0.6 is 0 Å². The van der Waals surface area contributed by atoms with Crippen LogP contribution in [0.15, 0.2) is 67.3 Å². The third-order valence-corrected chi connectivity index (χ3v) is 6.08. The van der Waals surface area contributed by atoms with Crippen molar-refractivity contribution in [1.29, 1.82) is 0 Å². The largest absolute Gasteiger partial charge is 0.416 e. The van der Waals surface area contributed by atoms with Gasteiger partial charge in [0.25, 0.3) is 0 Å². The maximum atomic E-state index is 15.1. The van der Waals surface area contributed by atoms with Crippen LogP contribution in [0.2, 0.25) is 0 Å². The second kappa shape index (κ2) is 7.66. The standard InChI is InChI=1S/C25H22F4/c1-2-16-3-5-17(6-4-16)19-9-13-23-20(15-19)10-14-22(24(23)26)18-7-11-21(12-8-18)25(27,28)29/h2,7-17H,1,3-6H2/t16-,17-. The number of benzene rings is 3. The Balaban J connectivity index is 1.64. The van der Waals surface area contributed by atoms with E-state index >= 15 is 4.39 Å². The highest BCUT2D eigenvalue weighted by Gasteiger charge is 2.30. The summed E-state index contributed by atoms with van der Waals surface area (Å²) in [5.74, 6) is 0.674. The lowest BCUT2D eigenvalue weighted by Crippen LogP contribution is -2.11. The fourth-order valence-electron chi connectivity index (χ4n) is 4.31. The number of hydrogen-bond donors (Lipinski definition) is 0. The highest BCUT2D eigenvalue weighted by molar-refractivity contribution is 5.89. The van der Waals surface area contributed by atoms with E-state index in [0.717, 1.165) is 43.2 Å². The van der Waals surface area contributed by atoms with Gasteiger partial charge in [-0.2, -0.15) is 13.2 Å². The Morgan fingerprint density at radius 1 is 0.862 bits per heavy atom. The SMILES string of the molecule is C=C[C@H]1CC[C@H](c2ccc3c(F)c(-c4ccc(C(F)(F)F)cc4)ccc3c2)CC1. The Hall–Kier alpha value is -2.62. The van der Waals surface area contributed by atoms with Crippen molar-refractivity contribution >= 4 is 10.8 Å². The Morgan fingerprint density at radius 2 is 1.55 bits per heavy atom. The molecule has 0 saturated heterocycles. The Bertz CT molecular complexity index is 1020. The molecule has 4 heteroatoms. The first-order valence-electron chi connectivity index (χ1n) is 9.89. The summed E-state index contributed by atoms with van der Waals surface area (Å²) >= 11 is 0. The zero-order valence-corrected chi connectivity index (χ0v) is 16.0. The van der Waals surface area contributed by atoms with Gasteiger partial charge in [-0.15, -0.1) is 6.58 Å². The monoisotopic (exact) mass is 398 g/mol. The van der Waals surface area contributed by atoms with Crippen LogP contribution in [0.4, 0.5) is 17.6 Å². The molecule has 4 rings (SSSR count). The van der Waals surface area contributed by atoms with E-state index in [1.54, 1.807) is 12.1 Å². The Labute approximate surface area is 167 Å². The van der Waals surface area contributed by atoms with Gasteiger partial charge in [0.05, 0.1) is 5.56 Å². The van der Waals surface area contributed by atoms with Gasteiger partial charge in [-0.3, -0.25) is 0 Å². The maximum Gasteiger partial charge on any atom is 0.416 e. The first-order chi connectivity index (χ1) is 13.9. The minimum Gasteiger partial charge on any atom is -0.206 e. The van der Waals surface area contributed by atoms with Crippen LogP contribution in [0.5, 0.6) is 0 Å². The molecule has 0 atom stereocenters. The van der Waals surface area contributed by atoms with Crippen molar-refractivity contribution in [2.24, 2.45) is 5.92 Å². The second-order valence-corrected chi connectivity index (χ2v) is 7.83. The van der Waals surface area contributed by atoms with Crippen LogP contribution in [-0.2, 0) is 6.18 Å². The van der Waals surface area contributed by atoms with E-state index in [4.69, 9.17) is 0 Å². The molecule has 1 fully saturated rings. The van der Waals surface area contributed by atoms with Crippen LogP contribution in [0.3, 0.4) is 0 Å². The predicted octanol–water partition coefficient (Wildman–Crippen LogP) is 8.12. The lowest BCUT2D eigenvalue weighted by Gasteiger charge is -2.27. The fourth-order valence-corrected chi connectivity index (χ4v) is 4.31. The second-order valence-electron chi connectivity index (χ2n) is 7.83. The van der Waals surface area contributed by atoms with Gasteiger partial charge < -0.3 is 0 Å². The quantitative estimate of drug-likeness (QED) is 0.309. The molecular weight excluding hydrogens is 376 g/mol. The molecule has 1 saturated carbocycles. The highest BCUT2D eigenvalue weighted by atomic mass is 19.4. The van der Waals surface area contributed by atoms with Crippen LogP contribution in [0, 0.1) is 11.7 Å². The zero-order chi connectivity index (χ0) is 20.6. The summed E-state index contributed by atoms with van der Waals surface area (Å²) in [5, 5.41) is 1.31. The van der Waals surface area contributed by atoms with Gasteiger partial charge in [0.1, 0.15) is 5.82 Å². The van der Waals surface area contributed by atoms with E-state index in [1.165, 1.54) is 17.7 Å². The maximum absolute atomic E-state index is 15.1. The first kappa shape index (κ1) is 19.7. The van der Waals surface area contributed by atoms with E-state index < -0.39 is 17.6 Å². The van der Waals surface area contributed by atoms with Gasteiger partial charge in [0.2, 0.25) is 0 Å². The lowest BCUT2D eigenvalue weighted by atomic mass is 9.78. The van der Waals surface area contributed by atoms with Crippen molar-refractivity contribution in [3.8, 4) is 11.1 Å². The van der Waals surface area contributed by atoms with Crippen LogP contribution < -0.4 is 0 Å². The first-order valence-corrected chi connectivity index (χ1v) is 9.89. The minimum absolute atomic E-state index is 0.311. The molecule has 0 spiro atoms. The molecule has 0 radical (unpaired) electrons. The number of allylic oxidation sites excluding steroid dienone is 1. The molecule has 3 aromatic rings. The molecule has 29 heavy (non-hydrogen) atoms.